The number of para-hydroxylation sites is 2. The van der Waals surface area contributed by atoms with Crippen molar-refractivity contribution >= 4 is 11.6 Å². The number of nitrogens with zero attached hydrogens (tertiary/aromatic N) is 2. The van der Waals surface area contributed by atoms with Crippen molar-refractivity contribution in [3.8, 4) is 16.9 Å². The highest BCUT2D eigenvalue weighted by Gasteiger charge is 2.28. The average Bonchev–Trinajstić information content (AvgIpc) is 3.20. The minimum Gasteiger partial charge on any atom is -0.361 e. The lowest BCUT2D eigenvalue weighted by Crippen LogP contribution is -2.38. The highest BCUT2D eigenvalue weighted by molar-refractivity contribution is 6.01. The molecule has 0 fully saturated rings. The molecular weight excluding hydrogens is 360 g/mol. The van der Waals surface area contributed by atoms with Crippen molar-refractivity contribution < 1.29 is 4.79 Å². The lowest BCUT2D eigenvalue weighted by Gasteiger charge is -2.27. The number of aromatic nitrogens is 2. The maximum atomic E-state index is 12.7. The Morgan fingerprint density at radius 2 is 1.59 bits per heavy atom. The van der Waals surface area contributed by atoms with Gasteiger partial charge in [0.05, 0.1) is 16.9 Å². The van der Waals surface area contributed by atoms with Crippen molar-refractivity contribution in [1.29, 1.82) is 0 Å². The third-order valence-electron chi connectivity index (χ3n) is 5.15. The molecule has 142 valence electrons. The fourth-order valence-electron chi connectivity index (χ4n) is 3.61. The minimum absolute atomic E-state index is 0.0910. The molecule has 1 atom stereocenters. The molecule has 0 radical (unpaired) electrons. The quantitative estimate of drug-likeness (QED) is 0.542. The third kappa shape index (κ3) is 3.17. The lowest BCUT2D eigenvalue weighted by molar-refractivity contribution is 0.0936. The van der Waals surface area contributed by atoms with Gasteiger partial charge in [-0.2, -0.15) is 5.10 Å². The van der Waals surface area contributed by atoms with Gasteiger partial charge in [0.15, 0.2) is 0 Å². The van der Waals surface area contributed by atoms with E-state index in [2.05, 4.69) is 41.8 Å². The number of carbonyl (C=O) groups is 1. The van der Waals surface area contributed by atoms with Crippen LogP contribution in [0.15, 0.2) is 85.1 Å². The van der Waals surface area contributed by atoms with Gasteiger partial charge in [-0.1, -0.05) is 60.2 Å². The zero-order chi connectivity index (χ0) is 19.8. The molecule has 0 bridgehead atoms. The van der Waals surface area contributed by atoms with Crippen LogP contribution in [0.1, 0.15) is 27.7 Å². The first kappa shape index (κ1) is 17.3. The molecule has 1 amide bonds. The standard InChI is InChI=1S/C24H20N4O/c1-16-11-13-17(14-12-16)22-20(15-28(27-22)18-7-3-2-4-8-18)23-25-21-10-6-5-9-19(21)24(29)26-23/h2-15,23,25H,1H3,(H,26,29)/t23-/m0/s1. The molecule has 5 rings (SSSR count). The van der Waals surface area contributed by atoms with Gasteiger partial charge in [-0.15, -0.1) is 0 Å². The summed E-state index contributed by atoms with van der Waals surface area (Å²) in [6, 6.07) is 25.8. The van der Waals surface area contributed by atoms with Gasteiger partial charge in [-0.3, -0.25) is 4.79 Å². The summed E-state index contributed by atoms with van der Waals surface area (Å²) in [4.78, 5) is 12.7. The Morgan fingerprint density at radius 1 is 0.862 bits per heavy atom. The molecule has 0 saturated heterocycles. The SMILES string of the molecule is Cc1ccc(-c2nn(-c3ccccc3)cc2[C@@H]2NC(=O)c3ccccc3N2)cc1. The van der Waals surface area contributed by atoms with Crippen LogP contribution in [0.2, 0.25) is 0 Å². The fourth-order valence-corrected chi connectivity index (χ4v) is 3.61. The predicted molar refractivity (Wildman–Crippen MR) is 114 cm³/mol. The summed E-state index contributed by atoms with van der Waals surface area (Å²) in [6.07, 6.45) is 1.61. The Balaban J connectivity index is 1.62. The first-order valence-electron chi connectivity index (χ1n) is 9.57. The van der Waals surface area contributed by atoms with Crippen molar-refractivity contribution in [3.63, 3.8) is 0 Å². The second-order valence-electron chi connectivity index (χ2n) is 7.18. The van der Waals surface area contributed by atoms with Crippen LogP contribution in [0.4, 0.5) is 5.69 Å². The zero-order valence-corrected chi connectivity index (χ0v) is 16.0. The van der Waals surface area contributed by atoms with Crippen LogP contribution >= 0.6 is 0 Å². The second-order valence-corrected chi connectivity index (χ2v) is 7.18. The number of hydrogen-bond donors (Lipinski definition) is 2. The molecule has 0 aliphatic carbocycles. The van der Waals surface area contributed by atoms with Crippen molar-refractivity contribution in [2.24, 2.45) is 0 Å². The van der Waals surface area contributed by atoms with E-state index in [9.17, 15) is 4.79 Å². The van der Waals surface area contributed by atoms with Crippen molar-refractivity contribution in [3.05, 3.63) is 102 Å². The molecule has 2 heterocycles. The van der Waals surface area contributed by atoms with Crippen molar-refractivity contribution in [1.82, 2.24) is 15.1 Å². The van der Waals surface area contributed by atoms with Crippen LogP contribution in [0.3, 0.4) is 0 Å². The van der Waals surface area contributed by atoms with Gasteiger partial charge < -0.3 is 10.6 Å². The topological polar surface area (TPSA) is 59.0 Å². The van der Waals surface area contributed by atoms with Crippen LogP contribution < -0.4 is 10.6 Å². The number of amides is 1. The highest BCUT2D eigenvalue weighted by Crippen LogP contribution is 2.32. The van der Waals surface area contributed by atoms with E-state index in [-0.39, 0.29) is 12.1 Å². The molecule has 5 heteroatoms. The second kappa shape index (κ2) is 6.95. The van der Waals surface area contributed by atoms with Gasteiger partial charge in [0.1, 0.15) is 6.17 Å². The monoisotopic (exact) mass is 380 g/mol. The Labute approximate surface area is 169 Å². The lowest BCUT2D eigenvalue weighted by atomic mass is 10.0. The number of carbonyl (C=O) groups excluding carboxylic acids is 1. The number of benzene rings is 3. The van der Waals surface area contributed by atoms with Crippen LogP contribution in [-0.2, 0) is 0 Å². The van der Waals surface area contributed by atoms with Gasteiger partial charge in [-0.25, -0.2) is 4.68 Å². The molecule has 29 heavy (non-hydrogen) atoms. The smallest absolute Gasteiger partial charge is 0.255 e. The molecule has 4 aromatic rings. The van der Waals surface area contributed by atoms with E-state index < -0.39 is 0 Å². The molecule has 1 aliphatic heterocycles. The molecular formula is C24H20N4O. The number of fused-ring (bicyclic) bond motifs is 1. The van der Waals surface area contributed by atoms with E-state index in [1.807, 2.05) is 65.5 Å². The molecule has 5 nitrogen and oxygen atoms in total. The summed E-state index contributed by atoms with van der Waals surface area (Å²) in [6.45, 7) is 2.06. The number of rotatable bonds is 3. The molecule has 1 aromatic heterocycles. The number of anilines is 1. The van der Waals surface area contributed by atoms with E-state index in [4.69, 9.17) is 5.10 Å². The van der Waals surface area contributed by atoms with E-state index in [1.165, 1.54) is 5.56 Å². The summed E-state index contributed by atoms with van der Waals surface area (Å²) >= 11 is 0. The van der Waals surface area contributed by atoms with Crippen LogP contribution in [0, 0.1) is 6.92 Å². The van der Waals surface area contributed by atoms with Gasteiger partial charge in [0.2, 0.25) is 0 Å². The van der Waals surface area contributed by atoms with Gasteiger partial charge in [0.25, 0.3) is 5.91 Å². The number of aryl methyl sites for hydroxylation is 1. The number of hydrogen-bond acceptors (Lipinski definition) is 3. The molecule has 2 N–H and O–H groups in total. The maximum absolute atomic E-state index is 12.7. The highest BCUT2D eigenvalue weighted by atomic mass is 16.2. The van der Waals surface area contributed by atoms with Gasteiger partial charge in [0, 0.05) is 23.0 Å². The summed E-state index contributed by atoms with van der Waals surface area (Å²) < 4.78 is 1.86. The fraction of sp³-hybridized carbons (Fsp3) is 0.0833. The zero-order valence-electron chi connectivity index (χ0n) is 16.0. The van der Waals surface area contributed by atoms with Crippen LogP contribution in [0.5, 0.6) is 0 Å². The Morgan fingerprint density at radius 3 is 2.38 bits per heavy atom. The summed E-state index contributed by atoms with van der Waals surface area (Å²) in [5.74, 6) is -0.0910. The largest absolute Gasteiger partial charge is 0.361 e. The summed E-state index contributed by atoms with van der Waals surface area (Å²) in [5.41, 5.74) is 6.40. The maximum Gasteiger partial charge on any atom is 0.255 e. The van der Waals surface area contributed by atoms with Crippen molar-refractivity contribution in [2.75, 3.05) is 5.32 Å². The normalized spacial score (nSPS) is 15.3. The summed E-state index contributed by atoms with van der Waals surface area (Å²) in [5, 5.41) is 11.4. The Kier molecular flexibility index (Phi) is 4.13. The van der Waals surface area contributed by atoms with E-state index in [0.29, 0.717) is 5.56 Å². The first-order valence-corrected chi connectivity index (χ1v) is 9.57. The Bertz CT molecular complexity index is 1180. The molecule has 0 unspecified atom stereocenters. The van der Waals surface area contributed by atoms with E-state index in [1.54, 1.807) is 0 Å². The van der Waals surface area contributed by atoms with Crippen molar-refractivity contribution in [2.45, 2.75) is 13.1 Å². The molecule has 0 saturated carbocycles. The van der Waals surface area contributed by atoms with Crippen LogP contribution in [0.25, 0.3) is 16.9 Å². The number of nitrogens with one attached hydrogen (secondary N) is 2. The summed E-state index contributed by atoms with van der Waals surface area (Å²) in [7, 11) is 0. The van der Waals surface area contributed by atoms with Gasteiger partial charge in [-0.05, 0) is 31.2 Å². The molecule has 3 aromatic carbocycles. The minimum atomic E-state index is -0.369. The van der Waals surface area contributed by atoms with E-state index in [0.717, 1.165) is 28.2 Å². The molecule has 0 spiro atoms. The van der Waals surface area contributed by atoms with Gasteiger partial charge >= 0.3 is 0 Å². The average molecular weight is 380 g/mol. The van der Waals surface area contributed by atoms with E-state index >= 15 is 0 Å². The third-order valence-corrected chi connectivity index (χ3v) is 5.15. The Hall–Kier alpha value is -3.86. The first-order chi connectivity index (χ1) is 14.2. The van der Waals surface area contributed by atoms with Crippen LogP contribution in [-0.4, -0.2) is 15.7 Å². The molecule has 1 aliphatic rings. The predicted octanol–water partition coefficient (Wildman–Crippen LogP) is 4.70.